The van der Waals surface area contributed by atoms with Crippen molar-refractivity contribution in [3.63, 3.8) is 0 Å². The maximum absolute atomic E-state index is 12.6. The van der Waals surface area contributed by atoms with E-state index in [2.05, 4.69) is 5.32 Å². The molecule has 0 radical (unpaired) electrons. The molecule has 3 aromatic rings. The minimum absolute atomic E-state index is 0.0281. The van der Waals surface area contributed by atoms with Crippen LogP contribution >= 0.6 is 0 Å². The number of hydrogen-bond donors (Lipinski definition) is 2. The number of hydrogen-bond acceptors (Lipinski definition) is 3. The van der Waals surface area contributed by atoms with Crippen LogP contribution in [0.5, 0.6) is 0 Å². The lowest BCUT2D eigenvalue weighted by Gasteiger charge is -2.18. The van der Waals surface area contributed by atoms with Crippen molar-refractivity contribution >= 4 is 27.7 Å². The van der Waals surface area contributed by atoms with Crippen molar-refractivity contribution in [1.82, 2.24) is 9.88 Å². The number of nitrogens with zero attached hydrogens (tertiary/aromatic N) is 1. The van der Waals surface area contributed by atoms with E-state index in [1.165, 1.54) is 0 Å². The number of benzene rings is 2. The highest BCUT2D eigenvalue weighted by molar-refractivity contribution is 5.94. The fraction of sp³-hybridized carbons (Fsp3) is 0.263. The highest BCUT2D eigenvalue weighted by Crippen LogP contribution is 2.18. The first-order chi connectivity index (χ1) is 11.7. The first-order valence-corrected chi connectivity index (χ1v) is 8.06. The molecule has 1 unspecified atom stereocenters. The number of aliphatic hydroxyl groups is 1. The summed E-state index contributed by atoms with van der Waals surface area (Å²) in [6.45, 7) is 1.91. The molecular weight excluding hydrogens is 304 g/mol. The lowest BCUT2D eigenvalue weighted by molar-refractivity contribution is -0.122. The van der Waals surface area contributed by atoms with Crippen molar-refractivity contribution in [3.8, 4) is 0 Å². The van der Waals surface area contributed by atoms with Gasteiger partial charge in [-0.2, -0.15) is 0 Å². The Kier molecular flexibility index (Phi) is 4.62. The van der Waals surface area contributed by atoms with Gasteiger partial charge in [0.2, 0.25) is 5.91 Å². The summed E-state index contributed by atoms with van der Waals surface area (Å²) < 4.78 is 1.85. The second-order valence-corrected chi connectivity index (χ2v) is 5.80. The zero-order chi connectivity index (χ0) is 17.1. The van der Waals surface area contributed by atoms with Gasteiger partial charge in [-0.15, -0.1) is 0 Å². The van der Waals surface area contributed by atoms with Crippen molar-refractivity contribution in [3.05, 3.63) is 58.8 Å². The van der Waals surface area contributed by atoms with Crippen molar-refractivity contribution in [2.45, 2.75) is 25.9 Å². The second-order valence-electron chi connectivity index (χ2n) is 5.80. The third kappa shape index (κ3) is 2.90. The molecule has 0 aliphatic heterocycles. The number of pyridine rings is 1. The third-order valence-corrected chi connectivity index (χ3v) is 4.26. The quantitative estimate of drug-likeness (QED) is 0.706. The summed E-state index contributed by atoms with van der Waals surface area (Å²) in [5.41, 5.74) is 1.43. The molecule has 1 amide bonds. The lowest BCUT2D eigenvalue weighted by Crippen LogP contribution is -2.39. The van der Waals surface area contributed by atoms with Crippen LogP contribution in [0.4, 0.5) is 0 Å². The molecule has 5 heteroatoms. The summed E-state index contributed by atoms with van der Waals surface area (Å²) in [7, 11) is 0. The van der Waals surface area contributed by atoms with Crippen LogP contribution in [0.1, 0.15) is 13.3 Å². The number of rotatable bonds is 5. The van der Waals surface area contributed by atoms with E-state index in [4.69, 9.17) is 0 Å². The van der Waals surface area contributed by atoms with E-state index in [0.29, 0.717) is 17.2 Å². The van der Waals surface area contributed by atoms with Gasteiger partial charge in [0.05, 0.1) is 23.7 Å². The van der Waals surface area contributed by atoms with Gasteiger partial charge in [-0.25, -0.2) is 0 Å². The largest absolute Gasteiger partial charge is 0.394 e. The number of amides is 1. The number of fused-ring (bicyclic) bond motifs is 2. The Hall–Kier alpha value is -2.66. The van der Waals surface area contributed by atoms with E-state index in [-0.39, 0.29) is 30.5 Å². The molecule has 0 bridgehead atoms. The SMILES string of the molecule is CCC(CO)NC(=O)Cn1c2ccccc2c(=O)c2ccccc21. The Morgan fingerprint density at radius 3 is 2.12 bits per heavy atom. The monoisotopic (exact) mass is 324 g/mol. The van der Waals surface area contributed by atoms with Crippen LogP contribution in [0.15, 0.2) is 53.3 Å². The Bertz CT molecular complexity index is 882. The molecular formula is C19H20N2O3. The zero-order valence-corrected chi connectivity index (χ0v) is 13.5. The van der Waals surface area contributed by atoms with Gasteiger partial charge in [0.15, 0.2) is 5.43 Å². The van der Waals surface area contributed by atoms with Crippen molar-refractivity contribution in [2.24, 2.45) is 0 Å². The Balaban J connectivity index is 2.13. The first-order valence-electron chi connectivity index (χ1n) is 8.06. The minimum Gasteiger partial charge on any atom is -0.394 e. The van der Waals surface area contributed by atoms with E-state index in [9.17, 15) is 14.7 Å². The van der Waals surface area contributed by atoms with E-state index < -0.39 is 0 Å². The van der Waals surface area contributed by atoms with Crippen LogP contribution in [-0.4, -0.2) is 28.2 Å². The second kappa shape index (κ2) is 6.84. The first kappa shape index (κ1) is 16.2. The topological polar surface area (TPSA) is 71.3 Å². The summed E-state index contributed by atoms with van der Waals surface area (Å²) in [5.74, 6) is -0.185. The smallest absolute Gasteiger partial charge is 0.240 e. The molecule has 0 spiro atoms. The normalized spacial score (nSPS) is 12.4. The fourth-order valence-electron chi connectivity index (χ4n) is 2.94. The molecule has 1 atom stereocenters. The number of aliphatic hydroxyl groups excluding tert-OH is 1. The van der Waals surface area contributed by atoms with E-state index in [1.54, 1.807) is 12.1 Å². The highest BCUT2D eigenvalue weighted by atomic mass is 16.3. The zero-order valence-electron chi connectivity index (χ0n) is 13.5. The molecule has 0 saturated carbocycles. The average molecular weight is 324 g/mol. The predicted octanol–water partition coefficient (Wildman–Crippen LogP) is 2.04. The molecule has 0 fully saturated rings. The molecule has 3 rings (SSSR count). The van der Waals surface area contributed by atoms with Gasteiger partial charge in [0, 0.05) is 10.8 Å². The maximum atomic E-state index is 12.6. The fourth-order valence-corrected chi connectivity index (χ4v) is 2.94. The predicted molar refractivity (Wildman–Crippen MR) is 95.0 cm³/mol. The molecule has 0 aliphatic carbocycles. The van der Waals surface area contributed by atoms with Crippen LogP contribution in [-0.2, 0) is 11.3 Å². The average Bonchev–Trinajstić information content (AvgIpc) is 2.63. The van der Waals surface area contributed by atoms with Crippen LogP contribution in [0.2, 0.25) is 0 Å². The molecule has 2 aromatic carbocycles. The highest BCUT2D eigenvalue weighted by Gasteiger charge is 2.14. The molecule has 1 heterocycles. The summed E-state index contributed by atoms with van der Waals surface area (Å²) >= 11 is 0. The number of aromatic nitrogens is 1. The van der Waals surface area contributed by atoms with Gasteiger partial charge in [0.1, 0.15) is 6.54 Å². The summed E-state index contributed by atoms with van der Waals surface area (Å²) in [4.78, 5) is 25.0. The Morgan fingerprint density at radius 1 is 1.08 bits per heavy atom. The Morgan fingerprint density at radius 2 is 1.62 bits per heavy atom. The molecule has 0 aliphatic rings. The molecule has 0 saturated heterocycles. The van der Waals surface area contributed by atoms with Crippen molar-refractivity contribution in [2.75, 3.05) is 6.61 Å². The van der Waals surface area contributed by atoms with Crippen LogP contribution in [0, 0.1) is 0 Å². The van der Waals surface area contributed by atoms with Gasteiger partial charge in [0.25, 0.3) is 0 Å². The number of carbonyl (C=O) groups excluding carboxylic acids is 1. The molecule has 2 N–H and O–H groups in total. The molecule has 124 valence electrons. The van der Waals surface area contributed by atoms with Crippen molar-refractivity contribution in [1.29, 1.82) is 0 Å². The molecule has 24 heavy (non-hydrogen) atoms. The summed E-state index contributed by atoms with van der Waals surface area (Å²) in [6.07, 6.45) is 0.661. The number of para-hydroxylation sites is 2. The maximum Gasteiger partial charge on any atom is 0.240 e. The van der Waals surface area contributed by atoms with Crippen LogP contribution < -0.4 is 10.7 Å². The number of nitrogens with one attached hydrogen (secondary N) is 1. The molecule has 5 nitrogen and oxygen atoms in total. The van der Waals surface area contributed by atoms with Gasteiger partial charge < -0.3 is 15.0 Å². The van der Waals surface area contributed by atoms with Crippen LogP contribution in [0.3, 0.4) is 0 Å². The van der Waals surface area contributed by atoms with Gasteiger partial charge in [-0.3, -0.25) is 9.59 Å². The summed E-state index contributed by atoms with van der Waals surface area (Å²) in [6, 6.07) is 14.3. The molecule has 1 aromatic heterocycles. The standard InChI is InChI=1S/C19H20N2O3/c1-2-13(12-22)20-18(23)11-21-16-9-5-3-7-14(16)19(24)15-8-4-6-10-17(15)21/h3-10,13,22H,2,11-12H2,1H3,(H,20,23). The Labute approximate surface area is 139 Å². The summed E-state index contributed by atoms with van der Waals surface area (Å²) in [5, 5.41) is 13.3. The minimum atomic E-state index is -0.255. The van der Waals surface area contributed by atoms with E-state index in [0.717, 1.165) is 11.0 Å². The van der Waals surface area contributed by atoms with Crippen molar-refractivity contribution < 1.29 is 9.90 Å². The van der Waals surface area contributed by atoms with E-state index in [1.807, 2.05) is 47.9 Å². The van der Waals surface area contributed by atoms with Crippen LogP contribution in [0.25, 0.3) is 21.8 Å². The number of carbonyl (C=O) groups is 1. The van der Waals surface area contributed by atoms with Gasteiger partial charge in [-0.05, 0) is 30.7 Å². The van der Waals surface area contributed by atoms with Gasteiger partial charge >= 0.3 is 0 Å². The van der Waals surface area contributed by atoms with E-state index >= 15 is 0 Å². The lowest BCUT2D eigenvalue weighted by atomic mass is 10.1. The third-order valence-electron chi connectivity index (χ3n) is 4.26. The van der Waals surface area contributed by atoms with Gasteiger partial charge in [-0.1, -0.05) is 31.2 Å².